The summed E-state index contributed by atoms with van der Waals surface area (Å²) in [5.41, 5.74) is 0. The van der Waals surface area contributed by atoms with Crippen LogP contribution in [0.1, 0.15) is 13.3 Å². The van der Waals surface area contributed by atoms with Crippen LogP contribution >= 0.6 is 33.2 Å². The van der Waals surface area contributed by atoms with Crippen LogP contribution in [0, 0.1) is 0 Å². The van der Waals surface area contributed by atoms with E-state index in [1.165, 1.54) is 6.92 Å². The molecule has 0 N–H and O–H groups in total. The highest BCUT2D eigenvalue weighted by molar-refractivity contribution is 7.64. The summed E-state index contributed by atoms with van der Waals surface area (Å²) in [5.74, 6) is -0.295. The van der Waals surface area contributed by atoms with Crippen LogP contribution in [0.4, 0.5) is 0 Å². The fourth-order valence-electron chi connectivity index (χ4n) is 0.489. The summed E-state index contributed by atoms with van der Waals surface area (Å²) < 4.78 is 4.64. The molecule has 0 aromatic heterocycles. The van der Waals surface area contributed by atoms with E-state index in [1.54, 1.807) is 0 Å². The molecule has 0 fully saturated rings. The standard InChI is InChI=1S/C5H9Cl3O2Si/c1-5(9)10-3-2-4-11(6,7)8/h2-4H2,1H3. The summed E-state index contributed by atoms with van der Waals surface area (Å²) >= 11 is 16.7. The molecule has 0 saturated carbocycles. The fourth-order valence-corrected chi connectivity index (χ4v) is 2.24. The Bertz CT molecular complexity index is 134. The van der Waals surface area contributed by atoms with Crippen molar-refractivity contribution in [2.45, 2.75) is 19.4 Å². The van der Waals surface area contributed by atoms with Gasteiger partial charge in [-0.1, -0.05) is 0 Å². The van der Waals surface area contributed by atoms with Crippen LogP contribution in [0.3, 0.4) is 0 Å². The molecule has 66 valence electrons. The van der Waals surface area contributed by atoms with E-state index in [1.807, 2.05) is 0 Å². The van der Waals surface area contributed by atoms with Gasteiger partial charge in [0, 0.05) is 6.92 Å². The molecule has 6 heteroatoms. The van der Waals surface area contributed by atoms with Gasteiger partial charge < -0.3 is 4.74 Å². The molecule has 0 aromatic carbocycles. The first kappa shape index (κ1) is 11.6. The second kappa shape index (κ2) is 5.25. The van der Waals surface area contributed by atoms with Crippen LogP contribution in [-0.4, -0.2) is 18.6 Å². The third-order valence-corrected chi connectivity index (χ3v) is 3.53. The second-order valence-electron chi connectivity index (χ2n) is 2.06. The number of ether oxygens (including phenoxy) is 1. The molecular weight excluding hydrogens is 226 g/mol. The van der Waals surface area contributed by atoms with E-state index in [0.29, 0.717) is 19.1 Å². The van der Waals surface area contributed by atoms with Crippen LogP contribution in [0.15, 0.2) is 0 Å². The zero-order chi connectivity index (χ0) is 8.91. The molecule has 0 rings (SSSR count). The van der Waals surface area contributed by atoms with Crippen molar-refractivity contribution in [2.24, 2.45) is 0 Å². The SMILES string of the molecule is CC(=O)OCCC[Si](Cl)(Cl)Cl. The lowest BCUT2D eigenvalue weighted by Gasteiger charge is -2.06. The van der Waals surface area contributed by atoms with E-state index in [4.69, 9.17) is 33.2 Å². The lowest BCUT2D eigenvalue weighted by atomic mass is 10.5. The van der Waals surface area contributed by atoms with E-state index in [-0.39, 0.29) is 5.97 Å². The highest BCUT2D eigenvalue weighted by Gasteiger charge is 2.23. The van der Waals surface area contributed by atoms with Crippen molar-refractivity contribution >= 4 is 45.2 Å². The van der Waals surface area contributed by atoms with Gasteiger partial charge in [0.05, 0.1) is 6.61 Å². The first-order chi connectivity index (χ1) is 4.92. The maximum atomic E-state index is 10.3. The van der Waals surface area contributed by atoms with Crippen LogP contribution in [0.25, 0.3) is 0 Å². The lowest BCUT2D eigenvalue weighted by molar-refractivity contribution is -0.140. The topological polar surface area (TPSA) is 26.3 Å². The molecule has 0 amide bonds. The van der Waals surface area contributed by atoms with Crippen LogP contribution < -0.4 is 0 Å². The number of hydrogen-bond donors (Lipinski definition) is 0. The summed E-state index contributed by atoms with van der Waals surface area (Å²) in [6.45, 7) is 1.70. The zero-order valence-electron chi connectivity index (χ0n) is 6.07. The van der Waals surface area contributed by atoms with Crippen LogP contribution in [0.5, 0.6) is 0 Å². The average Bonchev–Trinajstić information content (AvgIpc) is 1.78. The van der Waals surface area contributed by atoms with Gasteiger partial charge in [0.2, 0.25) is 0 Å². The first-order valence-electron chi connectivity index (χ1n) is 3.12. The lowest BCUT2D eigenvalue weighted by Crippen LogP contribution is -2.10. The molecule has 0 saturated heterocycles. The second-order valence-corrected chi connectivity index (χ2v) is 11.3. The monoisotopic (exact) mass is 234 g/mol. The Morgan fingerprint density at radius 2 is 2.00 bits per heavy atom. The minimum Gasteiger partial charge on any atom is -0.466 e. The minimum atomic E-state index is -2.50. The van der Waals surface area contributed by atoms with Gasteiger partial charge >= 0.3 is 12.0 Å². The molecular formula is C5H9Cl3O2Si. The molecule has 0 aliphatic carbocycles. The zero-order valence-corrected chi connectivity index (χ0v) is 9.34. The maximum absolute atomic E-state index is 10.3. The quantitative estimate of drug-likeness (QED) is 0.324. The number of carbonyl (C=O) groups excluding carboxylic acids is 1. The number of halogens is 3. The molecule has 0 aliphatic heterocycles. The number of esters is 1. The van der Waals surface area contributed by atoms with E-state index in [0.717, 1.165) is 0 Å². The van der Waals surface area contributed by atoms with Gasteiger partial charge in [-0.05, 0) is 12.5 Å². The summed E-state index contributed by atoms with van der Waals surface area (Å²) in [5, 5.41) is 0. The van der Waals surface area contributed by atoms with Gasteiger partial charge in [0.25, 0.3) is 0 Å². The van der Waals surface area contributed by atoms with Crippen molar-refractivity contribution in [3.63, 3.8) is 0 Å². The van der Waals surface area contributed by atoms with Crippen molar-refractivity contribution in [2.75, 3.05) is 6.61 Å². The Kier molecular flexibility index (Phi) is 5.51. The van der Waals surface area contributed by atoms with E-state index >= 15 is 0 Å². The number of carbonyl (C=O) groups is 1. The average molecular weight is 236 g/mol. The molecule has 0 heterocycles. The molecule has 0 unspecified atom stereocenters. The summed E-state index contributed by atoms with van der Waals surface area (Å²) in [6, 6.07) is -1.97. The molecule has 0 aliphatic rings. The first-order valence-corrected chi connectivity index (χ1v) is 8.36. The largest absolute Gasteiger partial charge is 0.466 e. The Hall–Kier alpha value is 0.557. The normalized spacial score (nSPS) is 11.3. The Morgan fingerprint density at radius 1 is 1.45 bits per heavy atom. The Labute approximate surface area is 80.9 Å². The van der Waals surface area contributed by atoms with E-state index < -0.39 is 6.00 Å². The van der Waals surface area contributed by atoms with Crippen LogP contribution in [-0.2, 0) is 9.53 Å². The van der Waals surface area contributed by atoms with Crippen molar-refractivity contribution in [1.82, 2.24) is 0 Å². The number of rotatable bonds is 4. The van der Waals surface area contributed by atoms with Gasteiger partial charge in [0.1, 0.15) is 0 Å². The summed E-state index contributed by atoms with van der Waals surface area (Å²) in [6.07, 6.45) is 0.627. The summed E-state index contributed by atoms with van der Waals surface area (Å²) in [4.78, 5) is 10.3. The van der Waals surface area contributed by atoms with Crippen molar-refractivity contribution in [1.29, 1.82) is 0 Å². The third kappa shape index (κ3) is 10.6. The molecule has 2 nitrogen and oxygen atoms in total. The maximum Gasteiger partial charge on any atom is 0.341 e. The molecule has 0 atom stereocenters. The third-order valence-electron chi connectivity index (χ3n) is 0.910. The van der Waals surface area contributed by atoms with Gasteiger partial charge in [0.15, 0.2) is 0 Å². The van der Waals surface area contributed by atoms with E-state index in [9.17, 15) is 4.79 Å². The molecule has 11 heavy (non-hydrogen) atoms. The van der Waals surface area contributed by atoms with Crippen molar-refractivity contribution in [3.8, 4) is 0 Å². The smallest absolute Gasteiger partial charge is 0.341 e. The highest BCUT2D eigenvalue weighted by atomic mass is 35.8. The van der Waals surface area contributed by atoms with Gasteiger partial charge in [-0.25, -0.2) is 0 Å². The van der Waals surface area contributed by atoms with Crippen LogP contribution in [0.2, 0.25) is 6.04 Å². The highest BCUT2D eigenvalue weighted by Crippen LogP contribution is 2.26. The number of hydrogen-bond acceptors (Lipinski definition) is 2. The Morgan fingerprint density at radius 3 is 2.36 bits per heavy atom. The molecule has 0 spiro atoms. The molecule has 0 radical (unpaired) electrons. The summed E-state index contributed by atoms with van der Waals surface area (Å²) in [7, 11) is 0. The van der Waals surface area contributed by atoms with Gasteiger partial charge in [-0.15, -0.1) is 33.2 Å². The Balaban J connectivity index is 3.22. The van der Waals surface area contributed by atoms with Gasteiger partial charge in [-0.2, -0.15) is 0 Å². The van der Waals surface area contributed by atoms with Crippen molar-refractivity contribution in [3.05, 3.63) is 0 Å². The van der Waals surface area contributed by atoms with Crippen molar-refractivity contribution < 1.29 is 9.53 Å². The predicted octanol–water partition coefficient (Wildman–Crippen LogP) is 2.59. The molecule has 0 aromatic rings. The van der Waals surface area contributed by atoms with Gasteiger partial charge in [-0.3, -0.25) is 4.79 Å². The van der Waals surface area contributed by atoms with E-state index in [2.05, 4.69) is 4.74 Å². The predicted molar refractivity (Wildman–Crippen MR) is 49.4 cm³/mol. The fraction of sp³-hybridized carbons (Fsp3) is 0.800. The molecule has 0 bridgehead atoms. The minimum absolute atomic E-state index is 0.295.